The van der Waals surface area contributed by atoms with Crippen LogP contribution in [-0.2, 0) is 4.74 Å². The summed E-state index contributed by atoms with van der Waals surface area (Å²) in [6, 6.07) is 3.61. The van der Waals surface area contributed by atoms with Crippen molar-refractivity contribution in [2.45, 2.75) is 32.8 Å². The van der Waals surface area contributed by atoms with E-state index in [0.29, 0.717) is 19.6 Å². The first-order chi connectivity index (χ1) is 13.1. The first kappa shape index (κ1) is 22.2. The summed E-state index contributed by atoms with van der Waals surface area (Å²) in [5.74, 6) is -0.578. The van der Waals surface area contributed by atoms with Gasteiger partial charge in [0.15, 0.2) is 0 Å². The maximum absolute atomic E-state index is 13.7. The molecule has 3 amide bonds. The monoisotopic (exact) mass is 414 g/mol. The molecule has 1 heterocycles. The van der Waals surface area contributed by atoms with E-state index in [1.54, 1.807) is 4.90 Å². The van der Waals surface area contributed by atoms with Crippen molar-refractivity contribution >= 4 is 29.4 Å². The quantitative estimate of drug-likeness (QED) is 0.723. The smallest absolute Gasteiger partial charge is 0.410 e. The van der Waals surface area contributed by atoms with Gasteiger partial charge in [0, 0.05) is 37.7 Å². The van der Waals surface area contributed by atoms with Crippen LogP contribution < -0.4 is 10.6 Å². The lowest BCUT2D eigenvalue weighted by atomic mass is 10.2. The van der Waals surface area contributed by atoms with Crippen molar-refractivity contribution in [3.05, 3.63) is 29.0 Å². The van der Waals surface area contributed by atoms with E-state index < -0.39 is 17.4 Å². The van der Waals surface area contributed by atoms with Crippen molar-refractivity contribution in [2.24, 2.45) is 0 Å². The Kier molecular flexibility index (Phi) is 7.88. The van der Waals surface area contributed by atoms with E-state index in [-0.39, 0.29) is 16.8 Å². The zero-order valence-corrected chi connectivity index (χ0v) is 17.3. The van der Waals surface area contributed by atoms with Crippen LogP contribution in [0, 0.1) is 5.82 Å². The number of urea groups is 1. The minimum Gasteiger partial charge on any atom is -0.444 e. The molecule has 1 aromatic rings. The highest BCUT2D eigenvalue weighted by molar-refractivity contribution is 6.30. The average Bonchev–Trinajstić information content (AvgIpc) is 2.60. The molecule has 1 aromatic carbocycles. The van der Waals surface area contributed by atoms with Gasteiger partial charge in [-0.25, -0.2) is 14.0 Å². The predicted octanol–water partition coefficient (Wildman–Crippen LogP) is 3.54. The van der Waals surface area contributed by atoms with E-state index in [1.165, 1.54) is 12.1 Å². The Labute approximate surface area is 170 Å². The minimum atomic E-state index is -0.578. The van der Waals surface area contributed by atoms with E-state index in [4.69, 9.17) is 16.3 Å². The zero-order chi connectivity index (χ0) is 20.7. The fourth-order valence-corrected chi connectivity index (χ4v) is 2.90. The number of hydrogen-bond acceptors (Lipinski definition) is 4. The highest BCUT2D eigenvalue weighted by Crippen LogP contribution is 2.18. The SMILES string of the molecule is CC(C)(C)OC(=O)N1CCN(CCCNC(=O)Nc2ccc(Cl)cc2F)CC1. The molecule has 0 atom stereocenters. The summed E-state index contributed by atoms with van der Waals surface area (Å²) >= 11 is 5.68. The molecule has 9 heteroatoms. The molecule has 0 unspecified atom stereocenters. The third-order valence-corrected chi connectivity index (χ3v) is 4.38. The molecule has 2 N–H and O–H groups in total. The lowest BCUT2D eigenvalue weighted by Gasteiger charge is -2.35. The molecule has 7 nitrogen and oxygen atoms in total. The second-order valence-corrected chi connectivity index (χ2v) is 8.10. The Morgan fingerprint density at radius 1 is 1.21 bits per heavy atom. The van der Waals surface area contributed by atoms with Crippen LogP contribution in [0.4, 0.5) is 19.7 Å². The maximum atomic E-state index is 13.7. The summed E-state index contributed by atoms with van der Waals surface area (Å²) in [7, 11) is 0. The van der Waals surface area contributed by atoms with Crippen molar-refractivity contribution in [3.63, 3.8) is 0 Å². The Morgan fingerprint density at radius 2 is 1.89 bits per heavy atom. The van der Waals surface area contributed by atoms with Crippen molar-refractivity contribution in [1.82, 2.24) is 15.1 Å². The van der Waals surface area contributed by atoms with E-state index in [2.05, 4.69) is 15.5 Å². The molecule has 0 saturated carbocycles. The van der Waals surface area contributed by atoms with Gasteiger partial charge in [-0.3, -0.25) is 4.90 Å². The number of anilines is 1. The lowest BCUT2D eigenvalue weighted by molar-refractivity contribution is 0.0144. The number of carbonyl (C=O) groups excluding carboxylic acids is 2. The summed E-state index contributed by atoms with van der Waals surface area (Å²) in [6.07, 6.45) is 0.475. The highest BCUT2D eigenvalue weighted by atomic mass is 35.5. The molecule has 2 rings (SSSR count). The standard InChI is InChI=1S/C19H28ClFN4O3/c1-19(2,3)28-18(27)25-11-9-24(10-12-25)8-4-7-22-17(26)23-16-6-5-14(20)13-15(16)21/h5-6,13H,4,7-12H2,1-3H3,(H2,22,23,26). The van der Waals surface area contributed by atoms with Gasteiger partial charge in [0.1, 0.15) is 11.4 Å². The normalized spacial score (nSPS) is 15.2. The number of nitrogens with one attached hydrogen (secondary N) is 2. The van der Waals surface area contributed by atoms with Crippen molar-refractivity contribution in [3.8, 4) is 0 Å². The molecule has 0 spiro atoms. The molecule has 1 aliphatic heterocycles. The Balaban J connectivity index is 1.61. The van der Waals surface area contributed by atoms with Gasteiger partial charge in [-0.05, 0) is 51.9 Å². The summed E-state index contributed by atoms with van der Waals surface area (Å²) in [5, 5.41) is 5.44. The number of benzene rings is 1. The van der Waals surface area contributed by atoms with Crippen LogP contribution >= 0.6 is 11.6 Å². The van der Waals surface area contributed by atoms with Gasteiger partial charge in [-0.1, -0.05) is 11.6 Å². The van der Waals surface area contributed by atoms with Crippen molar-refractivity contribution in [2.75, 3.05) is 44.6 Å². The second-order valence-electron chi connectivity index (χ2n) is 7.67. The minimum absolute atomic E-state index is 0.0835. The molecule has 0 aliphatic carbocycles. The molecule has 1 saturated heterocycles. The fraction of sp³-hybridized carbons (Fsp3) is 0.579. The summed E-state index contributed by atoms with van der Waals surface area (Å²) in [5.41, 5.74) is -0.407. The fourth-order valence-electron chi connectivity index (χ4n) is 2.74. The largest absolute Gasteiger partial charge is 0.444 e. The number of rotatable bonds is 5. The molecule has 1 aliphatic rings. The van der Waals surface area contributed by atoms with Gasteiger partial charge >= 0.3 is 12.1 Å². The van der Waals surface area contributed by atoms with Gasteiger partial charge in [-0.2, -0.15) is 0 Å². The first-order valence-corrected chi connectivity index (χ1v) is 9.72. The van der Waals surface area contributed by atoms with Crippen molar-refractivity contribution in [1.29, 1.82) is 0 Å². The number of halogens is 2. The van der Waals surface area contributed by atoms with E-state index in [9.17, 15) is 14.0 Å². The Morgan fingerprint density at radius 3 is 2.50 bits per heavy atom. The lowest BCUT2D eigenvalue weighted by Crippen LogP contribution is -2.50. The molecule has 156 valence electrons. The Bertz CT molecular complexity index is 688. The number of ether oxygens (including phenoxy) is 1. The molecular formula is C19H28ClFN4O3. The second kappa shape index (κ2) is 9.93. The van der Waals surface area contributed by atoms with E-state index >= 15 is 0 Å². The van der Waals surface area contributed by atoms with Gasteiger partial charge < -0.3 is 20.3 Å². The molecular weight excluding hydrogens is 387 g/mol. The summed E-state index contributed by atoms with van der Waals surface area (Å²) in [6.45, 7) is 9.61. The number of piperazine rings is 1. The Hall–Kier alpha value is -2.06. The molecule has 28 heavy (non-hydrogen) atoms. The van der Waals surface area contributed by atoms with Crippen LogP contribution in [0.15, 0.2) is 18.2 Å². The van der Waals surface area contributed by atoms with Crippen LogP contribution in [0.1, 0.15) is 27.2 Å². The van der Waals surface area contributed by atoms with E-state index in [0.717, 1.165) is 32.1 Å². The van der Waals surface area contributed by atoms with Crippen LogP contribution in [0.3, 0.4) is 0 Å². The van der Waals surface area contributed by atoms with Gasteiger partial charge in [0.25, 0.3) is 0 Å². The third-order valence-electron chi connectivity index (χ3n) is 4.14. The predicted molar refractivity (Wildman–Crippen MR) is 107 cm³/mol. The molecule has 0 bridgehead atoms. The summed E-state index contributed by atoms with van der Waals surface area (Å²) < 4.78 is 19.0. The van der Waals surface area contributed by atoms with E-state index in [1.807, 2.05) is 20.8 Å². The zero-order valence-electron chi connectivity index (χ0n) is 16.6. The van der Waals surface area contributed by atoms with Gasteiger partial charge in [0.2, 0.25) is 0 Å². The summed E-state index contributed by atoms with van der Waals surface area (Å²) in [4.78, 5) is 27.8. The molecule has 0 aromatic heterocycles. The molecule has 0 radical (unpaired) electrons. The van der Waals surface area contributed by atoms with Gasteiger partial charge in [0.05, 0.1) is 5.69 Å². The highest BCUT2D eigenvalue weighted by Gasteiger charge is 2.25. The van der Waals surface area contributed by atoms with Crippen LogP contribution in [-0.4, -0.2) is 66.8 Å². The first-order valence-electron chi connectivity index (χ1n) is 9.34. The third kappa shape index (κ3) is 7.52. The van der Waals surface area contributed by atoms with Crippen molar-refractivity contribution < 1.29 is 18.7 Å². The average molecular weight is 415 g/mol. The van der Waals surface area contributed by atoms with Crippen LogP contribution in [0.5, 0.6) is 0 Å². The number of hydrogen-bond donors (Lipinski definition) is 2. The van der Waals surface area contributed by atoms with Crippen LogP contribution in [0.2, 0.25) is 5.02 Å². The van der Waals surface area contributed by atoms with Crippen LogP contribution in [0.25, 0.3) is 0 Å². The number of carbonyl (C=O) groups is 2. The van der Waals surface area contributed by atoms with Gasteiger partial charge in [-0.15, -0.1) is 0 Å². The number of nitrogens with zero attached hydrogens (tertiary/aromatic N) is 2. The maximum Gasteiger partial charge on any atom is 0.410 e. The molecule has 1 fully saturated rings. The topological polar surface area (TPSA) is 73.9 Å². The number of amides is 3.